The predicted octanol–water partition coefficient (Wildman–Crippen LogP) is 4.54. The minimum absolute atomic E-state index is 0.233. The molecule has 1 aromatic heterocycles. The molecule has 6 nitrogen and oxygen atoms in total. The van der Waals surface area contributed by atoms with Crippen LogP contribution in [-0.2, 0) is 17.8 Å². The lowest BCUT2D eigenvalue weighted by atomic mass is 10.1. The van der Waals surface area contributed by atoms with Gasteiger partial charge in [-0.05, 0) is 55.5 Å². The number of aromatic nitrogens is 2. The summed E-state index contributed by atoms with van der Waals surface area (Å²) in [6.07, 6.45) is 2.43. The summed E-state index contributed by atoms with van der Waals surface area (Å²) in [5, 5.41) is 0. The Morgan fingerprint density at radius 1 is 1.13 bits per heavy atom. The Morgan fingerprint density at radius 3 is 2.77 bits per heavy atom. The molecule has 0 N–H and O–H groups in total. The van der Waals surface area contributed by atoms with E-state index in [1.807, 2.05) is 23.1 Å². The molecular formula is C24H25N3O3. The number of fused-ring (bicyclic) bond motifs is 1. The van der Waals surface area contributed by atoms with Crippen molar-refractivity contribution in [2.75, 3.05) is 18.1 Å². The molecule has 154 valence electrons. The van der Waals surface area contributed by atoms with Crippen molar-refractivity contribution in [3.8, 4) is 5.88 Å². The quantitative estimate of drug-likeness (QED) is 0.563. The van der Waals surface area contributed by atoms with Crippen molar-refractivity contribution >= 4 is 17.6 Å². The van der Waals surface area contributed by atoms with E-state index in [1.54, 1.807) is 6.92 Å². The molecule has 0 saturated carbocycles. The van der Waals surface area contributed by atoms with Crippen LogP contribution in [0.2, 0.25) is 0 Å². The number of anilines is 2. The first-order valence-electron chi connectivity index (χ1n) is 10.2. The van der Waals surface area contributed by atoms with Crippen LogP contribution in [0.4, 0.5) is 11.6 Å². The zero-order chi connectivity index (χ0) is 21.1. The summed E-state index contributed by atoms with van der Waals surface area (Å²) in [4.78, 5) is 23.5. The Kier molecular flexibility index (Phi) is 5.65. The van der Waals surface area contributed by atoms with Gasteiger partial charge in [-0.15, -0.1) is 0 Å². The van der Waals surface area contributed by atoms with E-state index in [4.69, 9.17) is 9.47 Å². The van der Waals surface area contributed by atoms with Crippen molar-refractivity contribution in [1.29, 1.82) is 0 Å². The summed E-state index contributed by atoms with van der Waals surface area (Å²) in [5.41, 5.74) is 6.01. The molecule has 4 rings (SSSR count). The Balaban J connectivity index is 1.64. The lowest BCUT2D eigenvalue weighted by Crippen LogP contribution is -2.18. The highest BCUT2D eigenvalue weighted by molar-refractivity contribution is 5.91. The molecule has 0 amide bonds. The lowest BCUT2D eigenvalue weighted by molar-refractivity contribution is 0.0519. The van der Waals surface area contributed by atoms with E-state index in [0.29, 0.717) is 12.6 Å². The molecule has 0 fully saturated rings. The zero-order valence-corrected chi connectivity index (χ0v) is 17.5. The maximum Gasteiger partial charge on any atom is 0.345 e. The van der Waals surface area contributed by atoms with Crippen LogP contribution >= 0.6 is 0 Å². The number of hydrogen-bond acceptors (Lipinski definition) is 6. The standard InChI is InChI=1S/C24H25N3O3/c1-4-29-23(28)20-14-25-24(27-12-11-19-7-5-6-8-21(19)27)26-22(20)30-15-18-10-9-16(2)17(3)13-18/h5-10,13-14H,4,11-12,15H2,1-3H3. The highest BCUT2D eigenvalue weighted by atomic mass is 16.5. The number of carbonyl (C=O) groups is 1. The summed E-state index contributed by atoms with van der Waals surface area (Å²) in [6.45, 7) is 7.27. The van der Waals surface area contributed by atoms with Gasteiger partial charge in [-0.1, -0.05) is 36.4 Å². The van der Waals surface area contributed by atoms with Gasteiger partial charge in [0.05, 0.1) is 12.8 Å². The van der Waals surface area contributed by atoms with E-state index in [1.165, 1.54) is 22.9 Å². The molecule has 0 saturated heterocycles. The fraction of sp³-hybridized carbons (Fsp3) is 0.292. The molecule has 30 heavy (non-hydrogen) atoms. The van der Waals surface area contributed by atoms with Crippen molar-refractivity contribution in [2.45, 2.75) is 33.8 Å². The number of ether oxygens (including phenoxy) is 2. The number of esters is 1. The minimum atomic E-state index is -0.485. The molecule has 0 unspecified atom stereocenters. The third-order valence-electron chi connectivity index (χ3n) is 5.31. The van der Waals surface area contributed by atoms with E-state index in [9.17, 15) is 4.79 Å². The van der Waals surface area contributed by atoms with Crippen molar-refractivity contribution in [1.82, 2.24) is 9.97 Å². The first-order valence-corrected chi connectivity index (χ1v) is 10.2. The molecule has 0 spiro atoms. The van der Waals surface area contributed by atoms with E-state index in [0.717, 1.165) is 24.2 Å². The SMILES string of the molecule is CCOC(=O)c1cnc(N2CCc3ccccc32)nc1OCc1ccc(C)c(C)c1. The van der Waals surface area contributed by atoms with Gasteiger partial charge in [0.25, 0.3) is 0 Å². The molecule has 0 atom stereocenters. The van der Waals surface area contributed by atoms with Gasteiger partial charge in [0.15, 0.2) is 0 Å². The Labute approximate surface area is 176 Å². The van der Waals surface area contributed by atoms with E-state index >= 15 is 0 Å². The van der Waals surface area contributed by atoms with Gasteiger partial charge in [-0.25, -0.2) is 9.78 Å². The van der Waals surface area contributed by atoms with E-state index < -0.39 is 5.97 Å². The van der Waals surface area contributed by atoms with Crippen molar-refractivity contribution in [3.05, 3.63) is 76.5 Å². The van der Waals surface area contributed by atoms with Gasteiger partial charge in [0, 0.05) is 12.2 Å². The lowest BCUT2D eigenvalue weighted by Gasteiger charge is -2.19. The van der Waals surface area contributed by atoms with Gasteiger partial charge in [0.1, 0.15) is 12.2 Å². The molecule has 3 aromatic rings. The molecule has 1 aliphatic rings. The summed E-state index contributed by atoms with van der Waals surface area (Å²) >= 11 is 0. The number of nitrogens with zero attached hydrogens (tertiary/aromatic N) is 3. The van der Waals surface area contributed by atoms with Crippen LogP contribution in [0.5, 0.6) is 5.88 Å². The second kappa shape index (κ2) is 8.53. The predicted molar refractivity (Wildman–Crippen MR) is 115 cm³/mol. The Hall–Kier alpha value is -3.41. The molecule has 6 heteroatoms. The summed E-state index contributed by atoms with van der Waals surface area (Å²) in [5.74, 6) is 0.269. The monoisotopic (exact) mass is 403 g/mol. The van der Waals surface area contributed by atoms with Crippen molar-refractivity contribution in [3.63, 3.8) is 0 Å². The summed E-state index contributed by atoms with van der Waals surface area (Å²) in [7, 11) is 0. The third-order valence-corrected chi connectivity index (χ3v) is 5.31. The summed E-state index contributed by atoms with van der Waals surface area (Å²) < 4.78 is 11.2. The number of benzene rings is 2. The highest BCUT2D eigenvalue weighted by Crippen LogP contribution is 2.33. The van der Waals surface area contributed by atoms with Crippen molar-refractivity contribution < 1.29 is 14.3 Å². The second-order valence-corrected chi connectivity index (χ2v) is 7.35. The molecular weight excluding hydrogens is 378 g/mol. The second-order valence-electron chi connectivity index (χ2n) is 7.35. The fourth-order valence-corrected chi connectivity index (χ4v) is 3.54. The Morgan fingerprint density at radius 2 is 1.97 bits per heavy atom. The van der Waals surface area contributed by atoms with Gasteiger partial charge < -0.3 is 14.4 Å². The highest BCUT2D eigenvalue weighted by Gasteiger charge is 2.25. The maximum atomic E-state index is 12.4. The molecule has 2 heterocycles. The van der Waals surface area contributed by atoms with Crippen LogP contribution < -0.4 is 9.64 Å². The van der Waals surface area contributed by atoms with Gasteiger partial charge in [-0.2, -0.15) is 4.98 Å². The summed E-state index contributed by atoms with van der Waals surface area (Å²) in [6, 6.07) is 14.4. The molecule has 0 aliphatic carbocycles. The van der Waals surface area contributed by atoms with Crippen molar-refractivity contribution in [2.24, 2.45) is 0 Å². The van der Waals surface area contributed by atoms with E-state index in [-0.39, 0.29) is 18.1 Å². The van der Waals surface area contributed by atoms with Crippen LogP contribution in [-0.4, -0.2) is 29.1 Å². The number of hydrogen-bond donors (Lipinski definition) is 0. The van der Waals surface area contributed by atoms with Gasteiger partial charge in [-0.3, -0.25) is 0 Å². The molecule has 1 aliphatic heterocycles. The first kappa shape index (κ1) is 19.9. The van der Waals surface area contributed by atoms with Crippen LogP contribution in [0.3, 0.4) is 0 Å². The zero-order valence-electron chi connectivity index (χ0n) is 17.5. The number of rotatable bonds is 6. The fourth-order valence-electron chi connectivity index (χ4n) is 3.54. The smallest absolute Gasteiger partial charge is 0.345 e. The van der Waals surface area contributed by atoms with Crippen LogP contribution in [0.1, 0.15) is 39.5 Å². The van der Waals surface area contributed by atoms with Gasteiger partial charge in [0.2, 0.25) is 11.8 Å². The first-order chi connectivity index (χ1) is 14.6. The number of para-hydroxylation sites is 1. The number of carbonyl (C=O) groups excluding carboxylic acids is 1. The average Bonchev–Trinajstić information content (AvgIpc) is 3.19. The molecule has 0 bridgehead atoms. The normalized spacial score (nSPS) is 12.6. The Bertz CT molecular complexity index is 1080. The van der Waals surface area contributed by atoms with Crippen LogP contribution in [0, 0.1) is 13.8 Å². The molecule has 2 aromatic carbocycles. The maximum absolute atomic E-state index is 12.4. The van der Waals surface area contributed by atoms with E-state index in [2.05, 4.69) is 48.1 Å². The third kappa shape index (κ3) is 3.99. The average molecular weight is 403 g/mol. The topological polar surface area (TPSA) is 64.5 Å². The number of aryl methyl sites for hydroxylation is 2. The molecule has 0 radical (unpaired) electrons. The minimum Gasteiger partial charge on any atom is -0.472 e. The van der Waals surface area contributed by atoms with Crippen LogP contribution in [0.25, 0.3) is 0 Å². The van der Waals surface area contributed by atoms with Crippen LogP contribution in [0.15, 0.2) is 48.7 Å². The largest absolute Gasteiger partial charge is 0.472 e. The van der Waals surface area contributed by atoms with Gasteiger partial charge >= 0.3 is 5.97 Å².